The third-order valence-electron chi connectivity index (χ3n) is 5.61. The van der Waals surface area contributed by atoms with Crippen LogP contribution in [-0.4, -0.2) is 46.0 Å². The van der Waals surface area contributed by atoms with E-state index >= 15 is 0 Å². The molecule has 2 aromatic heterocycles. The molecule has 0 aliphatic carbocycles. The fourth-order valence-electron chi connectivity index (χ4n) is 4.01. The summed E-state index contributed by atoms with van der Waals surface area (Å²) < 4.78 is 5.20. The maximum absolute atomic E-state index is 13.0. The molecule has 3 aromatic rings. The lowest BCUT2D eigenvalue weighted by Gasteiger charge is -2.33. The molecule has 1 atom stereocenters. The van der Waals surface area contributed by atoms with Gasteiger partial charge in [0.2, 0.25) is 5.91 Å². The molecule has 6 heteroatoms. The topological polar surface area (TPSA) is 68.2 Å². The molecule has 1 fully saturated rings. The maximum Gasteiger partial charge on any atom is 0.227 e. The summed E-state index contributed by atoms with van der Waals surface area (Å²) in [4.78, 5) is 28.3. The highest BCUT2D eigenvalue weighted by Gasteiger charge is 2.28. The van der Waals surface area contributed by atoms with E-state index in [2.05, 4.69) is 9.97 Å². The average molecular weight is 402 g/mol. The van der Waals surface area contributed by atoms with Crippen molar-refractivity contribution in [1.29, 1.82) is 0 Å². The lowest BCUT2D eigenvalue weighted by atomic mass is 9.90. The van der Waals surface area contributed by atoms with Crippen molar-refractivity contribution in [2.75, 3.05) is 20.2 Å². The standard InChI is InChI=1S/C24H26N4O2/c1-17-26-15-22(19-9-11-25-12-10-19)24(27-17)20-4-3-13-28(16-20)23(29)14-18-5-7-21(30-2)8-6-18/h5-12,15,20H,3-4,13-14,16H2,1-2H3/t20-/m0/s1. The van der Waals surface area contributed by atoms with Gasteiger partial charge in [0.05, 0.1) is 19.2 Å². The molecule has 3 heterocycles. The van der Waals surface area contributed by atoms with Gasteiger partial charge in [-0.15, -0.1) is 0 Å². The van der Waals surface area contributed by atoms with E-state index in [4.69, 9.17) is 9.72 Å². The van der Waals surface area contributed by atoms with Crippen LogP contribution < -0.4 is 4.74 Å². The molecule has 0 N–H and O–H groups in total. The molecule has 1 amide bonds. The van der Waals surface area contributed by atoms with Gasteiger partial charge in [0.15, 0.2) is 0 Å². The first-order valence-corrected chi connectivity index (χ1v) is 10.3. The number of likely N-dealkylation sites (tertiary alicyclic amines) is 1. The first-order chi connectivity index (χ1) is 14.6. The number of carbonyl (C=O) groups is 1. The average Bonchev–Trinajstić information content (AvgIpc) is 2.80. The second-order valence-corrected chi connectivity index (χ2v) is 7.66. The molecular weight excluding hydrogens is 376 g/mol. The Kier molecular flexibility index (Phi) is 6.02. The van der Waals surface area contributed by atoms with E-state index in [1.165, 1.54) is 0 Å². The quantitative estimate of drug-likeness (QED) is 0.649. The minimum atomic E-state index is 0.154. The second kappa shape index (κ2) is 9.03. The zero-order valence-corrected chi connectivity index (χ0v) is 17.4. The summed E-state index contributed by atoms with van der Waals surface area (Å²) in [6, 6.07) is 11.7. The zero-order valence-electron chi connectivity index (χ0n) is 17.4. The fourth-order valence-corrected chi connectivity index (χ4v) is 4.01. The van der Waals surface area contributed by atoms with E-state index in [0.717, 1.165) is 53.3 Å². The van der Waals surface area contributed by atoms with E-state index in [-0.39, 0.29) is 11.8 Å². The molecule has 6 nitrogen and oxygen atoms in total. The monoisotopic (exact) mass is 402 g/mol. The van der Waals surface area contributed by atoms with Crippen LogP contribution in [0.2, 0.25) is 0 Å². The number of aromatic nitrogens is 3. The number of pyridine rings is 1. The van der Waals surface area contributed by atoms with Gasteiger partial charge in [-0.3, -0.25) is 9.78 Å². The van der Waals surface area contributed by atoms with E-state index in [9.17, 15) is 4.79 Å². The van der Waals surface area contributed by atoms with Crippen molar-refractivity contribution in [2.24, 2.45) is 0 Å². The lowest BCUT2D eigenvalue weighted by Crippen LogP contribution is -2.40. The minimum absolute atomic E-state index is 0.154. The Morgan fingerprint density at radius 2 is 1.93 bits per heavy atom. The first kappa shape index (κ1) is 20.0. The van der Waals surface area contributed by atoms with Crippen molar-refractivity contribution >= 4 is 5.91 Å². The number of piperidine rings is 1. The predicted molar refractivity (Wildman–Crippen MR) is 115 cm³/mol. The highest BCUT2D eigenvalue weighted by molar-refractivity contribution is 5.79. The Balaban J connectivity index is 1.52. The number of aryl methyl sites for hydroxylation is 1. The number of carbonyl (C=O) groups excluding carboxylic acids is 1. The highest BCUT2D eigenvalue weighted by atomic mass is 16.5. The Labute approximate surface area is 177 Å². The molecule has 1 aliphatic heterocycles. The van der Waals surface area contributed by atoms with Gasteiger partial charge in [-0.2, -0.15) is 0 Å². The number of benzene rings is 1. The number of hydrogen-bond acceptors (Lipinski definition) is 5. The van der Waals surface area contributed by atoms with E-state index in [1.807, 2.05) is 54.4 Å². The molecule has 30 heavy (non-hydrogen) atoms. The van der Waals surface area contributed by atoms with Gasteiger partial charge in [0.25, 0.3) is 0 Å². The van der Waals surface area contributed by atoms with Gasteiger partial charge in [0, 0.05) is 43.2 Å². The van der Waals surface area contributed by atoms with Crippen molar-refractivity contribution in [1.82, 2.24) is 19.9 Å². The van der Waals surface area contributed by atoms with E-state index in [1.54, 1.807) is 19.5 Å². The van der Waals surface area contributed by atoms with Crippen molar-refractivity contribution in [3.05, 3.63) is 72.1 Å². The van der Waals surface area contributed by atoms with Crippen LogP contribution in [0.3, 0.4) is 0 Å². The normalized spacial score (nSPS) is 16.3. The smallest absolute Gasteiger partial charge is 0.227 e. The summed E-state index contributed by atoms with van der Waals surface area (Å²) in [7, 11) is 1.64. The summed E-state index contributed by atoms with van der Waals surface area (Å²) in [5, 5.41) is 0. The lowest BCUT2D eigenvalue weighted by molar-refractivity contribution is -0.131. The molecule has 1 saturated heterocycles. The first-order valence-electron chi connectivity index (χ1n) is 10.3. The predicted octanol–water partition coefficient (Wildman–Crippen LogP) is 3.80. The number of rotatable bonds is 5. The molecule has 0 spiro atoms. The van der Waals surface area contributed by atoms with Crippen LogP contribution in [0.1, 0.15) is 35.8 Å². The number of ether oxygens (including phenoxy) is 1. The van der Waals surface area contributed by atoms with Crippen molar-refractivity contribution < 1.29 is 9.53 Å². The van der Waals surface area contributed by atoms with Gasteiger partial charge < -0.3 is 9.64 Å². The highest BCUT2D eigenvalue weighted by Crippen LogP contribution is 2.33. The van der Waals surface area contributed by atoms with Gasteiger partial charge in [-0.25, -0.2) is 9.97 Å². The van der Waals surface area contributed by atoms with Crippen LogP contribution >= 0.6 is 0 Å². The van der Waals surface area contributed by atoms with Crippen LogP contribution in [0.15, 0.2) is 55.0 Å². The minimum Gasteiger partial charge on any atom is -0.497 e. The Hall–Kier alpha value is -3.28. The third kappa shape index (κ3) is 4.48. The molecular formula is C24H26N4O2. The summed E-state index contributed by atoms with van der Waals surface area (Å²) >= 11 is 0. The number of nitrogens with zero attached hydrogens (tertiary/aromatic N) is 4. The number of hydrogen-bond donors (Lipinski definition) is 0. The molecule has 1 aromatic carbocycles. The summed E-state index contributed by atoms with van der Waals surface area (Å²) in [5.74, 6) is 1.90. The van der Waals surface area contributed by atoms with Crippen LogP contribution in [0.25, 0.3) is 11.1 Å². The fraction of sp³-hybridized carbons (Fsp3) is 0.333. The summed E-state index contributed by atoms with van der Waals surface area (Å²) in [5.41, 5.74) is 4.10. The number of amides is 1. The van der Waals surface area contributed by atoms with Gasteiger partial charge in [-0.05, 0) is 55.2 Å². The van der Waals surface area contributed by atoms with Crippen LogP contribution in [0.5, 0.6) is 5.75 Å². The molecule has 0 bridgehead atoms. The zero-order chi connectivity index (χ0) is 20.9. The molecule has 0 unspecified atom stereocenters. The van der Waals surface area contributed by atoms with Crippen molar-refractivity contribution in [2.45, 2.75) is 32.1 Å². The summed E-state index contributed by atoms with van der Waals surface area (Å²) in [6.07, 6.45) is 7.84. The third-order valence-corrected chi connectivity index (χ3v) is 5.61. The van der Waals surface area contributed by atoms with E-state index < -0.39 is 0 Å². The SMILES string of the molecule is COc1ccc(CC(=O)N2CCC[C@H](c3nc(C)ncc3-c3ccncc3)C2)cc1. The maximum atomic E-state index is 13.0. The molecule has 154 valence electrons. The number of methoxy groups -OCH3 is 1. The molecule has 4 rings (SSSR count). The van der Waals surface area contributed by atoms with Gasteiger partial charge in [-0.1, -0.05) is 12.1 Å². The summed E-state index contributed by atoms with van der Waals surface area (Å²) in [6.45, 7) is 3.39. The Morgan fingerprint density at radius 3 is 2.67 bits per heavy atom. The molecule has 0 saturated carbocycles. The Bertz CT molecular complexity index is 1010. The van der Waals surface area contributed by atoms with Crippen molar-refractivity contribution in [3.8, 4) is 16.9 Å². The van der Waals surface area contributed by atoms with Crippen LogP contribution in [0.4, 0.5) is 0 Å². The molecule has 0 radical (unpaired) electrons. The Morgan fingerprint density at radius 1 is 1.17 bits per heavy atom. The largest absolute Gasteiger partial charge is 0.497 e. The molecule has 1 aliphatic rings. The van der Waals surface area contributed by atoms with E-state index in [0.29, 0.717) is 13.0 Å². The van der Waals surface area contributed by atoms with Gasteiger partial charge in [0.1, 0.15) is 11.6 Å². The second-order valence-electron chi connectivity index (χ2n) is 7.66. The van der Waals surface area contributed by atoms with Crippen LogP contribution in [-0.2, 0) is 11.2 Å². The van der Waals surface area contributed by atoms with Crippen LogP contribution in [0, 0.1) is 6.92 Å². The van der Waals surface area contributed by atoms with Crippen molar-refractivity contribution in [3.63, 3.8) is 0 Å². The van der Waals surface area contributed by atoms with Gasteiger partial charge >= 0.3 is 0 Å².